The second-order valence-corrected chi connectivity index (χ2v) is 26.3. The van der Waals surface area contributed by atoms with Gasteiger partial charge in [0.25, 0.3) is 0 Å². The fraction of sp³-hybridized carbons (Fsp3) is 0.885. The van der Waals surface area contributed by atoms with Crippen molar-refractivity contribution in [1.82, 2.24) is 51.6 Å². The van der Waals surface area contributed by atoms with Crippen molar-refractivity contribution in [1.29, 1.82) is 0 Å². The van der Waals surface area contributed by atoms with Crippen LogP contribution >= 0.6 is 0 Å². The van der Waals surface area contributed by atoms with Gasteiger partial charge >= 0.3 is 0 Å². The molecule has 0 aromatic carbocycles. The van der Waals surface area contributed by atoms with Gasteiger partial charge in [-0.1, -0.05) is 33.6 Å². The highest BCUT2D eigenvalue weighted by Crippen LogP contribution is 2.42. The maximum absolute atomic E-state index is 6.74. The summed E-state index contributed by atoms with van der Waals surface area (Å²) in [7, 11) is 8.89. The lowest BCUT2D eigenvalue weighted by Gasteiger charge is -2.53. The van der Waals surface area contributed by atoms with E-state index in [1.165, 1.54) is 0 Å². The Balaban J connectivity index is 1.03. The van der Waals surface area contributed by atoms with Crippen LogP contribution in [0.15, 0.2) is 34.0 Å². The van der Waals surface area contributed by atoms with Crippen molar-refractivity contribution < 1.29 is 19.1 Å². The van der Waals surface area contributed by atoms with Crippen LogP contribution in [0.25, 0.3) is 0 Å². The Labute approximate surface area is 413 Å². The van der Waals surface area contributed by atoms with Gasteiger partial charge in [0.1, 0.15) is 23.8 Å². The molecule has 0 radical (unpaired) electrons. The van der Waals surface area contributed by atoms with Gasteiger partial charge < -0.3 is 20.1 Å². The third-order valence-electron chi connectivity index (χ3n) is 17.2. The first-order valence-corrected chi connectivity index (χ1v) is 26.0. The van der Waals surface area contributed by atoms with Crippen LogP contribution in [-0.4, -0.2) is 152 Å². The first-order chi connectivity index (χ1) is 31.2. The lowest BCUT2D eigenvalue weighted by atomic mass is 9.79. The Morgan fingerprint density at radius 3 is 0.941 bits per heavy atom. The molecule has 0 bridgehead atoms. The maximum Gasteiger partial charge on any atom is 0.239 e. The van der Waals surface area contributed by atoms with Crippen molar-refractivity contribution in [3.63, 3.8) is 0 Å². The van der Waals surface area contributed by atoms with Gasteiger partial charge in [-0.05, 0) is 177 Å². The Morgan fingerprint density at radius 2 is 0.676 bits per heavy atom. The van der Waals surface area contributed by atoms with E-state index < -0.39 is 0 Å². The van der Waals surface area contributed by atoms with E-state index in [1.54, 1.807) is 10.6 Å². The minimum absolute atomic E-state index is 0.00487. The lowest BCUT2D eigenvalue weighted by Crippen LogP contribution is -2.61. The van der Waals surface area contributed by atoms with Gasteiger partial charge in [-0.15, -0.1) is 0 Å². The number of rotatable bonds is 15. The Bertz CT molecular complexity index is 1670. The largest absolute Gasteiger partial charge is 0.473 e. The maximum atomic E-state index is 6.74. The SMILES string of the molecule is CN1C(C)(C)CC(OC2=NN(OC3CC(C)(C)N(C)C(C)(C)C3)NC(NCCCCCCNC3=CC(OC4CC(C)(C)N(C)C(C)(C)C4)=NN(OC4CC(C)(C)N(C)C(C)(C)C4)N3)=C2)CC1(C)C. The van der Waals surface area contributed by atoms with Crippen molar-refractivity contribution in [3.05, 3.63) is 23.8 Å². The average molecular weight is 955 g/mol. The summed E-state index contributed by atoms with van der Waals surface area (Å²) in [5.41, 5.74) is 6.73. The van der Waals surface area contributed by atoms with Crippen LogP contribution in [0.3, 0.4) is 0 Å². The van der Waals surface area contributed by atoms with Crippen LogP contribution in [0.4, 0.5) is 0 Å². The standard InChI is InChI=1S/C52H98N12O4/c1-45(2)29-37(30-46(3,4)59(45)17)65-43-27-41(55-63(57-43)67-39-33-49(9,10)61(19)50(11,12)34-39)53-25-23-21-22-24-26-54-42-28-44(66-38-31-47(5,6)60(18)48(7,8)32-38)58-64(56-42)68-40-35-51(13,14)62(20)52(15,16)36-40/h27-28,37-40,53-56H,21-26,29-36H2,1-20H3. The van der Waals surface area contributed by atoms with Crippen molar-refractivity contribution in [3.8, 4) is 0 Å². The topological polar surface area (TPSA) is 129 Å². The molecule has 16 heteroatoms. The smallest absolute Gasteiger partial charge is 0.239 e. The predicted octanol–water partition coefficient (Wildman–Crippen LogP) is 8.18. The van der Waals surface area contributed by atoms with Gasteiger partial charge in [-0.25, -0.2) is 20.5 Å². The molecule has 16 nitrogen and oxygen atoms in total. The molecule has 6 aliphatic rings. The second kappa shape index (κ2) is 19.9. The Morgan fingerprint density at radius 1 is 0.426 bits per heavy atom. The summed E-state index contributed by atoms with van der Waals surface area (Å²) in [6.07, 6.45) is 15.4. The number of unbranched alkanes of at least 4 members (excludes halogenated alkanes) is 3. The molecular formula is C52H98N12O4. The molecular weight excluding hydrogens is 857 g/mol. The van der Waals surface area contributed by atoms with Gasteiger partial charge in [-0.3, -0.25) is 19.6 Å². The van der Waals surface area contributed by atoms with Crippen LogP contribution in [0.2, 0.25) is 0 Å². The van der Waals surface area contributed by atoms with E-state index in [1.807, 2.05) is 12.2 Å². The molecule has 6 rings (SSSR count). The number of likely N-dealkylation sites (tertiary alicyclic amines) is 4. The van der Waals surface area contributed by atoms with E-state index in [2.05, 4.69) is 180 Å². The molecule has 4 saturated heterocycles. The van der Waals surface area contributed by atoms with Gasteiger partial charge in [0, 0.05) is 95.2 Å². The quantitative estimate of drug-likeness (QED) is 0.118. The number of nitrogens with one attached hydrogen (secondary N) is 4. The second-order valence-electron chi connectivity index (χ2n) is 26.3. The summed E-state index contributed by atoms with van der Waals surface area (Å²) in [5, 5.41) is 20.1. The molecule has 4 N–H and O–H groups in total. The summed E-state index contributed by atoms with van der Waals surface area (Å²) in [5.74, 6) is 2.79. The molecule has 0 spiro atoms. The molecule has 6 aliphatic heterocycles. The highest BCUT2D eigenvalue weighted by Gasteiger charge is 2.48. The summed E-state index contributed by atoms with van der Waals surface area (Å²) < 4.78 is 13.5. The molecule has 0 atom stereocenters. The van der Waals surface area contributed by atoms with Gasteiger partial charge in [0.2, 0.25) is 11.8 Å². The van der Waals surface area contributed by atoms with Crippen molar-refractivity contribution in [2.24, 2.45) is 10.2 Å². The fourth-order valence-corrected chi connectivity index (χ4v) is 12.3. The third-order valence-corrected chi connectivity index (χ3v) is 17.2. The molecule has 4 fully saturated rings. The zero-order valence-corrected chi connectivity index (χ0v) is 46.6. The van der Waals surface area contributed by atoms with Gasteiger partial charge in [0.15, 0.2) is 0 Å². The number of hydrazone groups is 2. The van der Waals surface area contributed by atoms with Gasteiger partial charge in [-0.2, -0.15) is 0 Å². The van der Waals surface area contributed by atoms with Crippen molar-refractivity contribution in [2.75, 3.05) is 41.3 Å². The third kappa shape index (κ3) is 13.1. The number of hydrazine groups is 2. The number of ether oxygens (including phenoxy) is 2. The molecule has 0 saturated carbocycles. The first kappa shape index (κ1) is 54.3. The Hall–Kier alpha value is -3.02. The molecule has 6 heterocycles. The zero-order chi connectivity index (χ0) is 50.5. The van der Waals surface area contributed by atoms with E-state index in [0.29, 0.717) is 11.8 Å². The normalized spacial score (nSPS) is 27.8. The van der Waals surface area contributed by atoms with Gasteiger partial charge in [0.05, 0.1) is 12.2 Å². The number of hydrogen-bond acceptors (Lipinski definition) is 16. The molecule has 390 valence electrons. The highest BCUT2D eigenvalue weighted by atomic mass is 16.8. The lowest BCUT2D eigenvalue weighted by molar-refractivity contribution is -0.254. The zero-order valence-electron chi connectivity index (χ0n) is 46.6. The molecule has 0 unspecified atom stereocenters. The van der Waals surface area contributed by atoms with Crippen LogP contribution < -0.4 is 21.5 Å². The van der Waals surface area contributed by atoms with E-state index in [4.69, 9.17) is 29.4 Å². The predicted molar refractivity (Wildman–Crippen MR) is 276 cm³/mol. The summed E-state index contributed by atoms with van der Waals surface area (Å²) in [6.45, 7) is 38.4. The number of hydrogen-bond donors (Lipinski definition) is 4. The van der Waals surface area contributed by atoms with E-state index in [0.717, 1.165) is 102 Å². The summed E-state index contributed by atoms with van der Waals surface area (Å²) in [4.78, 5) is 23.2. The summed E-state index contributed by atoms with van der Waals surface area (Å²) in [6, 6.07) is 0. The monoisotopic (exact) mass is 955 g/mol. The number of nitrogens with zero attached hydrogens (tertiary/aromatic N) is 8. The van der Waals surface area contributed by atoms with Crippen molar-refractivity contribution >= 4 is 11.8 Å². The Kier molecular flexibility index (Phi) is 15.9. The minimum atomic E-state index is -0.0175. The van der Waals surface area contributed by atoms with E-state index >= 15 is 0 Å². The van der Waals surface area contributed by atoms with Crippen LogP contribution in [0, 0.1) is 0 Å². The van der Waals surface area contributed by atoms with Crippen molar-refractivity contribution in [2.45, 2.75) is 257 Å². The van der Waals surface area contributed by atoms with Crippen LogP contribution in [0.5, 0.6) is 0 Å². The minimum Gasteiger partial charge on any atom is -0.473 e. The summed E-state index contributed by atoms with van der Waals surface area (Å²) >= 11 is 0. The molecule has 0 amide bonds. The fourth-order valence-electron chi connectivity index (χ4n) is 12.3. The number of piperidine rings is 4. The highest BCUT2D eigenvalue weighted by molar-refractivity contribution is 5.89. The van der Waals surface area contributed by atoms with E-state index in [9.17, 15) is 0 Å². The first-order valence-electron chi connectivity index (χ1n) is 26.0. The average Bonchev–Trinajstić information content (AvgIpc) is 3.17. The van der Waals surface area contributed by atoms with Crippen LogP contribution in [-0.2, 0) is 19.1 Å². The molecule has 0 aliphatic carbocycles. The van der Waals surface area contributed by atoms with Crippen LogP contribution in [0.1, 0.15) is 188 Å². The van der Waals surface area contributed by atoms with E-state index in [-0.39, 0.29) is 68.7 Å². The molecule has 0 aromatic heterocycles. The molecule has 0 aromatic rings. The molecule has 68 heavy (non-hydrogen) atoms.